The lowest BCUT2D eigenvalue weighted by Crippen LogP contribution is -2.31. The van der Waals surface area contributed by atoms with Gasteiger partial charge in [-0.1, -0.05) is 30.7 Å². The number of rotatable bonds is 6. The van der Waals surface area contributed by atoms with Gasteiger partial charge in [-0.3, -0.25) is 9.69 Å². The summed E-state index contributed by atoms with van der Waals surface area (Å²) in [6, 6.07) is 9.36. The van der Waals surface area contributed by atoms with Gasteiger partial charge < -0.3 is 5.11 Å². The lowest BCUT2D eigenvalue weighted by Gasteiger charge is -2.21. The minimum atomic E-state index is -0.853. The number of benzene rings is 1. The van der Waals surface area contributed by atoms with Gasteiger partial charge in [0, 0.05) is 18.1 Å². The molecule has 0 aliphatic carbocycles. The van der Waals surface area contributed by atoms with E-state index in [-0.39, 0.29) is 6.54 Å². The van der Waals surface area contributed by atoms with Gasteiger partial charge in [0.2, 0.25) is 0 Å². The molecule has 0 aliphatic heterocycles. The third kappa shape index (κ3) is 4.74. The molecule has 1 rings (SSSR count). The number of nitriles is 1. The number of aliphatic carboxylic acids is 1. The van der Waals surface area contributed by atoms with E-state index >= 15 is 0 Å². The van der Waals surface area contributed by atoms with E-state index in [9.17, 15) is 4.79 Å². The van der Waals surface area contributed by atoms with Crippen molar-refractivity contribution < 1.29 is 9.90 Å². The van der Waals surface area contributed by atoms with Crippen LogP contribution in [0.25, 0.3) is 0 Å². The van der Waals surface area contributed by atoms with E-state index in [0.29, 0.717) is 18.1 Å². The molecular formula is C13H15ClN2O2. The number of nitrogens with zero attached hydrogens (tertiary/aromatic N) is 2. The fraction of sp³-hybridized carbons (Fsp3) is 0.385. The van der Waals surface area contributed by atoms with Crippen LogP contribution in [0.2, 0.25) is 5.02 Å². The van der Waals surface area contributed by atoms with E-state index in [1.165, 1.54) is 0 Å². The summed E-state index contributed by atoms with van der Waals surface area (Å²) in [5.41, 5.74) is 1.01. The highest BCUT2D eigenvalue weighted by molar-refractivity contribution is 6.30. The predicted molar refractivity (Wildman–Crippen MR) is 69.1 cm³/mol. The molecule has 1 aromatic carbocycles. The van der Waals surface area contributed by atoms with Gasteiger partial charge in [0.1, 0.15) is 0 Å². The van der Waals surface area contributed by atoms with Crippen molar-refractivity contribution >= 4 is 17.6 Å². The molecule has 0 saturated carbocycles. The summed E-state index contributed by atoms with van der Waals surface area (Å²) in [6.45, 7) is 2.74. The Hall–Kier alpha value is -1.57. The molecule has 0 amide bonds. The molecule has 1 aromatic rings. The maximum atomic E-state index is 10.8. The summed E-state index contributed by atoms with van der Waals surface area (Å²) in [5.74, 6) is -1.35. The lowest BCUT2D eigenvalue weighted by atomic mass is 10.1. The monoisotopic (exact) mass is 266 g/mol. The van der Waals surface area contributed by atoms with E-state index in [2.05, 4.69) is 6.07 Å². The van der Waals surface area contributed by atoms with Gasteiger partial charge in [-0.2, -0.15) is 5.26 Å². The summed E-state index contributed by atoms with van der Waals surface area (Å²) in [7, 11) is 0. The van der Waals surface area contributed by atoms with E-state index in [1.807, 2.05) is 17.0 Å². The summed E-state index contributed by atoms with van der Waals surface area (Å²) in [5, 5.41) is 18.3. The van der Waals surface area contributed by atoms with Crippen molar-refractivity contribution in [2.75, 3.05) is 13.1 Å². The van der Waals surface area contributed by atoms with Crippen LogP contribution >= 0.6 is 11.6 Å². The Labute approximate surface area is 111 Å². The summed E-state index contributed by atoms with van der Waals surface area (Å²) in [6.07, 6.45) is 0. The smallest absolute Gasteiger partial charge is 0.307 e. The number of hydrogen-bond donors (Lipinski definition) is 1. The van der Waals surface area contributed by atoms with E-state index in [4.69, 9.17) is 22.0 Å². The number of hydrogen-bond acceptors (Lipinski definition) is 3. The van der Waals surface area contributed by atoms with Gasteiger partial charge in [0.05, 0.1) is 18.5 Å². The zero-order valence-corrected chi connectivity index (χ0v) is 10.9. The van der Waals surface area contributed by atoms with Gasteiger partial charge in [-0.05, 0) is 17.7 Å². The second kappa shape index (κ2) is 7.00. The first-order valence-corrected chi connectivity index (χ1v) is 5.97. The van der Waals surface area contributed by atoms with Gasteiger partial charge >= 0.3 is 5.97 Å². The van der Waals surface area contributed by atoms with Crippen LogP contribution in [0.3, 0.4) is 0 Å². The molecule has 0 aromatic heterocycles. The van der Waals surface area contributed by atoms with Gasteiger partial charge in [-0.25, -0.2) is 0 Å². The van der Waals surface area contributed by atoms with Gasteiger partial charge in [-0.15, -0.1) is 0 Å². The van der Waals surface area contributed by atoms with Gasteiger partial charge in [0.15, 0.2) is 0 Å². The van der Waals surface area contributed by atoms with E-state index < -0.39 is 11.9 Å². The average Bonchev–Trinajstić information content (AvgIpc) is 2.32. The van der Waals surface area contributed by atoms with Crippen molar-refractivity contribution in [3.8, 4) is 6.07 Å². The number of halogens is 1. The van der Waals surface area contributed by atoms with Crippen molar-refractivity contribution in [1.29, 1.82) is 5.26 Å². The molecule has 1 N–H and O–H groups in total. The third-order valence-electron chi connectivity index (χ3n) is 2.57. The van der Waals surface area contributed by atoms with Crippen molar-refractivity contribution in [2.45, 2.75) is 13.5 Å². The summed E-state index contributed by atoms with van der Waals surface area (Å²) >= 11 is 5.79. The molecule has 0 radical (unpaired) electrons. The maximum absolute atomic E-state index is 10.8. The zero-order chi connectivity index (χ0) is 13.5. The topological polar surface area (TPSA) is 64.3 Å². The van der Waals surface area contributed by atoms with Crippen LogP contribution in [0.5, 0.6) is 0 Å². The van der Waals surface area contributed by atoms with Crippen LogP contribution in [0, 0.1) is 17.2 Å². The van der Waals surface area contributed by atoms with Crippen LogP contribution in [0.1, 0.15) is 12.5 Å². The number of carboxylic acids is 1. The third-order valence-corrected chi connectivity index (χ3v) is 2.82. The Kier molecular flexibility index (Phi) is 5.63. The fourth-order valence-corrected chi connectivity index (χ4v) is 1.72. The molecule has 0 fully saturated rings. The molecule has 4 nitrogen and oxygen atoms in total. The lowest BCUT2D eigenvalue weighted by molar-refractivity contribution is -0.141. The van der Waals surface area contributed by atoms with Gasteiger partial charge in [0.25, 0.3) is 0 Å². The Morgan fingerprint density at radius 1 is 1.50 bits per heavy atom. The highest BCUT2D eigenvalue weighted by Gasteiger charge is 2.16. The SMILES string of the molecule is CC(CN(CC#N)Cc1ccc(Cl)cc1)C(=O)O. The quantitative estimate of drug-likeness (QED) is 0.803. The molecule has 0 spiro atoms. The average molecular weight is 267 g/mol. The van der Waals surface area contributed by atoms with Crippen LogP contribution < -0.4 is 0 Å². The largest absolute Gasteiger partial charge is 0.481 e. The first kappa shape index (κ1) is 14.5. The highest BCUT2D eigenvalue weighted by Crippen LogP contribution is 2.12. The summed E-state index contributed by atoms with van der Waals surface area (Å²) in [4.78, 5) is 12.6. The molecule has 96 valence electrons. The normalized spacial score (nSPS) is 12.1. The molecule has 0 bridgehead atoms. The molecule has 0 aliphatic rings. The molecule has 1 unspecified atom stereocenters. The molecule has 18 heavy (non-hydrogen) atoms. The van der Waals surface area contributed by atoms with Crippen molar-refractivity contribution in [3.63, 3.8) is 0 Å². The van der Waals surface area contributed by atoms with Crippen LogP contribution in [0.15, 0.2) is 24.3 Å². The standard InChI is InChI=1S/C13H15ClN2O2/c1-10(13(17)18)8-16(7-6-15)9-11-2-4-12(14)5-3-11/h2-5,10H,7-9H2,1H3,(H,17,18). The number of carbonyl (C=O) groups is 1. The maximum Gasteiger partial charge on any atom is 0.307 e. The van der Waals surface area contributed by atoms with Crippen molar-refractivity contribution in [2.24, 2.45) is 5.92 Å². The predicted octanol–water partition coefficient (Wildman–Crippen LogP) is 2.39. The highest BCUT2D eigenvalue weighted by atomic mass is 35.5. The molecule has 0 saturated heterocycles. The first-order valence-electron chi connectivity index (χ1n) is 5.59. The zero-order valence-electron chi connectivity index (χ0n) is 10.1. The minimum Gasteiger partial charge on any atom is -0.481 e. The molecule has 5 heteroatoms. The van der Waals surface area contributed by atoms with Crippen molar-refractivity contribution in [1.82, 2.24) is 4.90 Å². The van der Waals surface area contributed by atoms with Crippen LogP contribution in [-0.4, -0.2) is 29.1 Å². The Balaban J connectivity index is 2.65. The number of carboxylic acid groups (broad SMARTS) is 1. The van der Waals surface area contributed by atoms with Crippen LogP contribution in [0.4, 0.5) is 0 Å². The van der Waals surface area contributed by atoms with E-state index in [0.717, 1.165) is 5.56 Å². The van der Waals surface area contributed by atoms with Crippen molar-refractivity contribution in [3.05, 3.63) is 34.9 Å². The Bertz CT molecular complexity index is 439. The minimum absolute atomic E-state index is 0.209. The molecule has 0 heterocycles. The molecular weight excluding hydrogens is 252 g/mol. The van der Waals surface area contributed by atoms with Crippen LogP contribution in [-0.2, 0) is 11.3 Å². The first-order chi connectivity index (χ1) is 8.52. The Morgan fingerprint density at radius 3 is 2.61 bits per heavy atom. The second-order valence-corrected chi connectivity index (χ2v) is 4.63. The molecule has 1 atom stereocenters. The summed E-state index contributed by atoms with van der Waals surface area (Å²) < 4.78 is 0. The van der Waals surface area contributed by atoms with E-state index in [1.54, 1.807) is 19.1 Å². The fourth-order valence-electron chi connectivity index (χ4n) is 1.60. The Morgan fingerprint density at radius 2 is 2.11 bits per heavy atom. The second-order valence-electron chi connectivity index (χ2n) is 4.19.